The first-order chi connectivity index (χ1) is 17.5. The number of benzene rings is 3. The lowest BCUT2D eigenvalue weighted by Crippen LogP contribution is -2.37. The summed E-state index contributed by atoms with van der Waals surface area (Å²) in [5.41, 5.74) is 4.92. The summed E-state index contributed by atoms with van der Waals surface area (Å²) in [7, 11) is 0. The van der Waals surface area contributed by atoms with Gasteiger partial charge in [-0.25, -0.2) is 4.98 Å². The van der Waals surface area contributed by atoms with E-state index in [1.165, 1.54) is 11.0 Å². The second-order valence-corrected chi connectivity index (χ2v) is 9.64. The lowest BCUT2D eigenvalue weighted by atomic mass is 10.1. The van der Waals surface area contributed by atoms with E-state index in [4.69, 9.17) is 4.98 Å². The van der Waals surface area contributed by atoms with Crippen LogP contribution < -0.4 is 5.32 Å². The summed E-state index contributed by atoms with van der Waals surface area (Å²) in [6, 6.07) is 22.5. The molecule has 3 amide bonds. The number of nitrogens with zero attached hydrogens (tertiary/aromatic N) is 2. The lowest BCUT2D eigenvalue weighted by molar-refractivity contribution is 0.0593. The van der Waals surface area contributed by atoms with Crippen LogP contribution in [0.15, 0.2) is 78.2 Å². The highest BCUT2D eigenvalue weighted by Gasteiger charge is 2.38. The van der Waals surface area contributed by atoms with Gasteiger partial charge in [0.15, 0.2) is 0 Å². The monoisotopic (exact) mass is 495 g/mol. The van der Waals surface area contributed by atoms with Gasteiger partial charge in [0.2, 0.25) is 0 Å². The van der Waals surface area contributed by atoms with Crippen molar-refractivity contribution in [3.8, 4) is 21.8 Å². The number of fused-ring (bicyclic) bond motifs is 1. The number of amides is 3. The third kappa shape index (κ3) is 4.45. The molecule has 2 heterocycles. The minimum absolute atomic E-state index is 0.191. The van der Waals surface area contributed by atoms with Crippen LogP contribution in [0.25, 0.3) is 21.8 Å². The highest BCUT2D eigenvalue weighted by Crippen LogP contribution is 2.30. The Morgan fingerprint density at radius 3 is 2.47 bits per heavy atom. The van der Waals surface area contributed by atoms with Crippen molar-refractivity contribution in [3.63, 3.8) is 0 Å². The van der Waals surface area contributed by atoms with E-state index in [1.807, 2.05) is 73.8 Å². The molecule has 0 saturated carbocycles. The van der Waals surface area contributed by atoms with Gasteiger partial charge < -0.3 is 5.32 Å². The summed E-state index contributed by atoms with van der Waals surface area (Å²) in [5.74, 6) is -0.943. The van der Waals surface area contributed by atoms with E-state index in [0.717, 1.165) is 27.4 Å². The minimum Gasteiger partial charge on any atom is -0.348 e. The Kier molecular flexibility index (Phi) is 6.48. The molecule has 0 aliphatic carbocycles. The smallest absolute Gasteiger partial charge is 0.261 e. The average molecular weight is 496 g/mol. The van der Waals surface area contributed by atoms with Crippen LogP contribution in [0, 0.1) is 0 Å². The topological polar surface area (TPSA) is 79.4 Å². The molecule has 1 atom stereocenters. The fourth-order valence-electron chi connectivity index (χ4n) is 4.23. The van der Waals surface area contributed by atoms with Gasteiger partial charge in [-0.1, -0.05) is 55.5 Å². The van der Waals surface area contributed by atoms with Crippen molar-refractivity contribution in [2.24, 2.45) is 0 Å². The largest absolute Gasteiger partial charge is 0.348 e. The molecule has 1 aromatic heterocycles. The zero-order valence-electron chi connectivity index (χ0n) is 20.0. The molecule has 5 rings (SSSR count). The van der Waals surface area contributed by atoms with Crippen LogP contribution in [-0.4, -0.2) is 33.6 Å². The third-order valence-electron chi connectivity index (χ3n) is 6.41. The van der Waals surface area contributed by atoms with E-state index < -0.39 is 0 Å². The molecule has 0 fully saturated rings. The van der Waals surface area contributed by atoms with Crippen LogP contribution >= 0.6 is 11.3 Å². The Labute approximate surface area is 213 Å². The number of thiazole rings is 1. The highest BCUT2D eigenvalue weighted by molar-refractivity contribution is 7.13. The van der Waals surface area contributed by atoms with Gasteiger partial charge in [-0.2, -0.15) is 0 Å². The number of nitrogens with one attached hydrogen (secondary N) is 1. The van der Waals surface area contributed by atoms with Crippen molar-refractivity contribution in [1.82, 2.24) is 15.2 Å². The predicted octanol–water partition coefficient (Wildman–Crippen LogP) is 5.80. The Morgan fingerprint density at radius 2 is 1.69 bits per heavy atom. The van der Waals surface area contributed by atoms with Gasteiger partial charge in [-0.15, -0.1) is 11.3 Å². The zero-order valence-corrected chi connectivity index (χ0v) is 20.8. The third-order valence-corrected chi connectivity index (χ3v) is 7.30. The van der Waals surface area contributed by atoms with Crippen molar-refractivity contribution < 1.29 is 14.4 Å². The fraction of sp³-hybridized carbons (Fsp3) is 0.172. The molecule has 0 radical (unpaired) electrons. The van der Waals surface area contributed by atoms with Crippen LogP contribution in [0.3, 0.4) is 0 Å². The Morgan fingerprint density at radius 1 is 0.944 bits per heavy atom. The summed E-state index contributed by atoms with van der Waals surface area (Å²) in [5, 5.41) is 5.88. The average Bonchev–Trinajstić information content (AvgIpc) is 3.51. The van der Waals surface area contributed by atoms with E-state index in [2.05, 4.69) is 5.32 Å². The molecule has 4 aromatic rings. The van der Waals surface area contributed by atoms with E-state index in [1.54, 1.807) is 23.5 Å². The zero-order chi connectivity index (χ0) is 25.2. The van der Waals surface area contributed by atoms with Crippen LogP contribution in [-0.2, 0) is 6.54 Å². The molecule has 1 N–H and O–H groups in total. The minimum atomic E-state index is -0.343. The molecule has 3 aromatic carbocycles. The molecule has 180 valence electrons. The van der Waals surface area contributed by atoms with E-state index >= 15 is 0 Å². The summed E-state index contributed by atoms with van der Waals surface area (Å²) in [4.78, 5) is 44.3. The number of carbonyl (C=O) groups excluding carboxylic acids is 3. The Hall–Kier alpha value is -4.10. The maximum absolute atomic E-state index is 12.9. The van der Waals surface area contributed by atoms with Gasteiger partial charge in [0.1, 0.15) is 5.01 Å². The highest BCUT2D eigenvalue weighted by atomic mass is 32.1. The molecule has 0 bridgehead atoms. The molecule has 0 spiro atoms. The van der Waals surface area contributed by atoms with Crippen LogP contribution in [0.5, 0.6) is 0 Å². The molecule has 7 heteroatoms. The van der Waals surface area contributed by atoms with Crippen molar-refractivity contribution >= 4 is 29.1 Å². The Bertz CT molecular complexity index is 1460. The molecule has 6 nitrogen and oxygen atoms in total. The second kappa shape index (κ2) is 9.87. The maximum atomic E-state index is 12.9. The van der Waals surface area contributed by atoms with E-state index in [0.29, 0.717) is 24.1 Å². The van der Waals surface area contributed by atoms with E-state index in [9.17, 15) is 14.4 Å². The van der Waals surface area contributed by atoms with Gasteiger partial charge in [-0.05, 0) is 43.2 Å². The van der Waals surface area contributed by atoms with Gasteiger partial charge in [0, 0.05) is 34.7 Å². The van der Waals surface area contributed by atoms with Crippen LogP contribution in [0.4, 0.5) is 0 Å². The number of aromatic nitrogens is 1. The molecule has 1 aliphatic rings. The SMILES string of the molecule is CCC(C)N1C(=O)c2ccc(C(=O)NCc3cccc(-c4nc(-c5ccccc5)cs4)c3)cc2C1=O. The van der Waals surface area contributed by atoms with Crippen molar-refractivity contribution in [2.45, 2.75) is 32.9 Å². The molecular formula is C29H25N3O3S. The second-order valence-electron chi connectivity index (χ2n) is 8.78. The molecular weight excluding hydrogens is 470 g/mol. The van der Waals surface area contributed by atoms with Crippen LogP contribution in [0.2, 0.25) is 0 Å². The van der Waals surface area contributed by atoms with Crippen molar-refractivity contribution in [3.05, 3.63) is 100 Å². The number of rotatable bonds is 7. The van der Waals surface area contributed by atoms with Crippen molar-refractivity contribution in [2.75, 3.05) is 0 Å². The lowest BCUT2D eigenvalue weighted by Gasteiger charge is -2.20. The summed E-state index contributed by atoms with van der Waals surface area (Å²) < 4.78 is 0. The summed E-state index contributed by atoms with van der Waals surface area (Å²) in [6.07, 6.45) is 0.673. The number of hydrogen-bond acceptors (Lipinski definition) is 5. The molecule has 36 heavy (non-hydrogen) atoms. The first kappa shape index (κ1) is 23.6. The van der Waals surface area contributed by atoms with Crippen molar-refractivity contribution in [1.29, 1.82) is 0 Å². The number of carbonyl (C=O) groups is 3. The maximum Gasteiger partial charge on any atom is 0.261 e. The molecule has 1 unspecified atom stereocenters. The van der Waals surface area contributed by atoms with Gasteiger partial charge in [0.25, 0.3) is 17.7 Å². The van der Waals surface area contributed by atoms with Crippen LogP contribution in [0.1, 0.15) is 56.9 Å². The molecule has 1 aliphatic heterocycles. The summed E-state index contributed by atoms with van der Waals surface area (Å²) >= 11 is 1.58. The quantitative estimate of drug-likeness (QED) is 0.329. The first-order valence-electron chi connectivity index (χ1n) is 11.9. The standard InChI is InChI=1S/C29H25N3O3S/c1-3-18(2)32-28(34)23-13-12-21(15-24(23)29(32)35)26(33)30-16-19-8-7-11-22(14-19)27-31-25(17-36-27)20-9-5-4-6-10-20/h4-15,17-18H,3,16H2,1-2H3,(H,30,33). The van der Waals surface area contributed by atoms with Gasteiger partial charge in [-0.3, -0.25) is 19.3 Å². The van der Waals surface area contributed by atoms with E-state index in [-0.39, 0.29) is 29.3 Å². The normalized spacial score (nSPS) is 13.6. The molecule has 0 saturated heterocycles. The Balaban J connectivity index is 1.28. The number of imide groups is 1. The summed E-state index contributed by atoms with van der Waals surface area (Å²) in [6.45, 7) is 4.10. The predicted molar refractivity (Wildman–Crippen MR) is 141 cm³/mol. The number of hydrogen-bond donors (Lipinski definition) is 1. The first-order valence-corrected chi connectivity index (χ1v) is 12.7. The van der Waals surface area contributed by atoms with Gasteiger partial charge in [0.05, 0.1) is 16.8 Å². The van der Waals surface area contributed by atoms with Gasteiger partial charge >= 0.3 is 0 Å². The fourth-order valence-corrected chi connectivity index (χ4v) is 5.06.